The highest BCUT2D eigenvalue weighted by atomic mass is 79.9. The van der Waals surface area contributed by atoms with E-state index in [0.717, 1.165) is 21.4 Å². The lowest BCUT2D eigenvalue weighted by Crippen LogP contribution is -2.15. The zero-order valence-electron chi connectivity index (χ0n) is 14.9. The van der Waals surface area contributed by atoms with Crippen molar-refractivity contribution in [2.24, 2.45) is 0 Å². The van der Waals surface area contributed by atoms with Crippen molar-refractivity contribution in [3.63, 3.8) is 0 Å². The third-order valence-electron chi connectivity index (χ3n) is 3.99. The zero-order chi connectivity index (χ0) is 19.2. The minimum absolute atomic E-state index is 0.0927. The molecule has 5 nitrogen and oxygen atoms in total. The summed E-state index contributed by atoms with van der Waals surface area (Å²) in [5, 5.41) is 13.2. The van der Waals surface area contributed by atoms with Gasteiger partial charge >= 0.3 is 0 Å². The summed E-state index contributed by atoms with van der Waals surface area (Å²) in [5.74, 6) is 0.143. The maximum absolute atomic E-state index is 12.2. The van der Waals surface area contributed by atoms with Crippen LogP contribution in [0.25, 0.3) is 0 Å². The Balaban J connectivity index is 1.65. The van der Waals surface area contributed by atoms with E-state index < -0.39 is 0 Å². The molecule has 27 heavy (non-hydrogen) atoms. The largest absolute Gasteiger partial charge is 0.390 e. The summed E-state index contributed by atoms with van der Waals surface area (Å²) < 4.78 is 2.91. The minimum Gasteiger partial charge on any atom is -0.390 e. The van der Waals surface area contributed by atoms with Gasteiger partial charge in [0.05, 0.1) is 24.3 Å². The first-order chi connectivity index (χ1) is 13.0. The number of hydrogen-bond donors (Lipinski definition) is 2. The first-order valence-electron chi connectivity index (χ1n) is 8.44. The number of amides is 1. The Morgan fingerprint density at radius 2 is 1.89 bits per heavy atom. The molecule has 7 heteroatoms. The van der Waals surface area contributed by atoms with Crippen LogP contribution in [-0.4, -0.2) is 26.3 Å². The quantitative estimate of drug-likeness (QED) is 0.534. The Bertz CT molecular complexity index is 908. The lowest BCUT2D eigenvalue weighted by molar-refractivity contribution is -0.113. The van der Waals surface area contributed by atoms with Crippen LogP contribution < -0.4 is 5.32 Å². The molecule has 0 unspecified atom stereocenters. The van der Waals surface area contributed by atoms with Crippen LogP contribution in [-0.2, 0) is 17.9 Å². The fourth-order valence-electron chi connectivity index (χ4n) is 2.54. The van der Waals surface area contributed by atoms with Gasteiger partial charge in [0.25, 0.3) is 0 Å². The van der Waals surface area contributed by atoms with E-state index >= 15 is 0 Å². The molecule has 0 saturated heterocycles. The van der Waals surface area contributed by atoms with Crippen molar-refractivity contribution in [3.8, 4) is 0 Å². The van der Waals surface area contributed by atoms with Crippen LogP contribution in [0.2, 0.25) is 0 Å². The number of hydrogen-bond acceptors (Lipinski definition) is 4. The molecule has 0 bridgehead atoms. The van der Waals surface area contributed by atoms with Gasteiger partial charge in [0.1, 0.15) is 0 Å². The number of nitrogens with zero attached hydrogens (tertiary/aromatic N) is 2. The molecule has 0 radical (unpaired) electrons. The van der Waals surface area contributed by atoms with Crippen LogP contribution in [0.4, 0.5) is 5.69 Å². The molecule has 0 aliphatic heterocycles. The number of aromatic nitrogens is 2. The summed E-state index contributed by atoms with van der Waals surface area (Å²) in [6.45, 7) is 2.56. The second-order valence-corrected chi connectivity index (χ2v) is 7.96. The van der Waals surface area contributed by atoms with Gasteiger partial charge in [-0.2, -0.15) is 0 Å². The van der Waals surface area contributed by atoms with Crippen LogP contribution in [0, 0.1) is 6.92 Å². The average molecular weight is 446 g/mol. The zero-order valence-corrected chi connectivity index (χ0v) is 17.3. The number of benzene rings is 2. The number of nitrogens with one attached hydrogen (secondary N) is 1. The number of imidazole rings is 1. The first-order valence-corrected chi connectivity index (χ1v) is 10.2. The fourth-order valence-corrected chi connectivity index (χ4v) is 3.60. The fraction of sp³-hybridized carbons (Fsp3) is 0.200. The van der Waals surface area contributed by atoms with E-state index in [1.165, 1.54) is 17.3 Å². The molecule has 0 fully saturated rings. The average Bonchev–Trinajstić information content (AvgIpc) is 3.05. The van der Waals surface area contributed by atoms with Crippen molar-refractivity contribution < 1.29 is 9.90 Å². The van der Waals surface area contributed by atoms with Crippen molar-refractivity contribution in [2.45, 2.75) is 25.2 Å². The summed E-state index contributed by atoms with van der Waals surface area (Å²) in [6.07, 6.45) is 1.66. The van der Waals surface area contributed by atoms with E-state index in [1.807, 2.05) is 35.8 Å². The number of rotatable bonds is 7. The molecule has 3 aromatic rings. The molecule has 3 rings (SSSR count). The maximum atomic E-state index is 12.2. The Morgan fingerprint density at radius 3 is 2.56 bits per heavy atom. The van der Waals surface area contributed by atoms with Crippen LogP contribution >= 0.6 is 27.7 Å². The highest BCUT2D eigenvalue weighted by Crippen LogP contribution is 2.21. The van der Waals surface area contributed by atoms with Crippen LogP contribution in [0.15, 0.2) is 64.4 Å². The topological polar surface area (TPSA) is 67.1 Å². The summed E-state index contributed by atoms with van der Waals surface area (Å²) in [4.78, 5) is 16.6. The maximum Gasteiger partial charge on any atom is 0.234 e. The van der Waals surface area contributed by atoms with Crippen molar-refractivity contribution in [2.75, 3.05) is 11.1 Å². The number of thioether (sulfide) groups is 1. The molecule has 2 N–H and O–H groups in total. The molecular weight excluding hydrogens is 426 g/mol. The molecule has 1 heterocycles. The Morgan fingerprint density at radius 1 is 1.19 bits per heavy atom. The molecule has 0 spiro atoms. The van der Waals surface area contributed by atoms with Gasteiger partial charge < -0.3 is 15.0 Å². The summed E-state index contributed by atoms with van der Waals surface area (Å²) >= 11 is 4.73. The van der Waals surface area contributed by atoms with E-state index in [1.54, 1.807) is 6.20 Å². The van der Waals surface area contributed by atoms with E-state index in [4.69, 9.17) is 0 Å². The highest BCUT2D eigenvalue weighted by Gasteiger charge is 2.13. The predicted molar refractivity (Wildman–Crippen MR) is 112 cm³/mol. The molecule has 1 amide bonds. The number of carbonyl (C=O) groups is 1. The summed E-state index contributed by atoms with van der Waals surface area (Å²) in [7, 11) is 0. The Kier molecular flexibility index (Phi) is 6.71. The van der Waals surface area contributed by atoms with E-state index in [2.05, 4.69) is 50.5 Å². The van der Waals surface area contributed by atoms with Gasteiger partial charge in [-0.05, 0) is 36.8 Å². The number of anilines is 1. The van der Waals surface area contributed by atoms with Crippen molar-refractivity contribution in [1.29, 1.82) is 0 Å². The molecule has 1 aromatic heterocycles. The van der Waals surface area contributed by atoms with Crippen LogP contribution in [0.5, 0.6) is 0 Å². The van der Waals surface area contributed by atoms with Gasteiger partial charge in [0, 0.05) is 16.7 Å². The molecule has 0 aliphatic rings. The van der Waals surface area contributed by atoms with Gasteiger partial charge in [0.2, 0.25) is 5.91 Å². The Labute approximate surface area is 171 Å². The molecule has 2 aromatic carbocycles. The Hall–Kier alpha value is -2.09. The first kappa shape index (κ1) is 19.7. The van der Waals surface area contributed by atoms with Crippen LogP contribution in [0.3, 0.4) is 0 Å². The molecule has 0 saturated carbocycles. The van der Waals surface area contributed by atoms with Crippen molar-refractivity contribution >= 4 is 39.3 Å². The number of halogens is 1. The third kappa shape index (κ3) is 5.45. The van der Waals surface area contributed by atoms with Crippen molar-refractivity contribution in [1.82, 2.24) is 9.55 Å². The number of aryl methyl sites for hydroxylation is 1. The van der Waals surface area contributed by atoms with Gasteiger partial charge in [0.15, 0.2) is 5.16 Å². The summed E-state index contributed by atoms with van der Waals surface area (Å²) in [5.41, 5.74) is 3.80. The second kappa shape index (κ2) is 9.21. The van der Waals surface area contributed by atoms with Crippen molar-refractivity contribution in [3.05, 3.63) is 76.0 Å². The van der Waals surface area contributed by atoms with Crippen LogP contribution in [0.1, 0.15) is 16.8 Å². The standard InChI is InChI=1S/C20H20BrN3O2S/c1-14-2-4-15(5-3-14)11-24-18(12-25)10-22-20(24)27-13-19(26)23-17-8-6-16(21)7-9-17/h2-10,25H,11-13H2,1H3,(H,23,26). The molecule has 0 aliphatic carbocycles. The van der Waals surface area contributed by atoms with E-state index in [9.17, 15) is 9.90 Å². The third-order valence-corrected chi connectivity index (χ3v) is 5.50. The van der Waals surface area contributed by atoms with E-state index in [0.29, 0.717) is 11.7 Å². The number of aliphatic hydroxyl groups is 1. The van der Waals surface area contributed by atoms with Gasteiger partial charge in [-0.3, -0.25) is 4.79 Å². The van der Waals surface area contributed by atoms with Gasteiger partial charge in [-0.1, -0.05) is 57.5 Å². The lowest BCUT2D eigenvalue weighted by Gasteiger charge is -2.11. The normalized spacial score (nSPS) is 10.8. The number of aliphatic hydroxyl groups excluding tert-OH is 1. The smallest absolute Gasteiger partial charge is 0.234 e. The predicted octanol–water partition coefficient (Wildman–Crippen LogP) is 4.23. The highest BCUT2D eigenvalue weighted by molar-refractivity contribution is 9.10. The minimum atomic E-state index is -0.0993. The lowest BCUT2D eigenvalue weighted by atomic mass is 10.1. The molecule has 140 valence electrons. The molecule has 0 atom stereocenters. The second-order valence-electron chi connectivity index (χ2n) is 6.11. The summed E-state index contributed by atoms with van der Waals surface area (Å²) in [6, 6.07) is 15.7. The van der Waals surface area contributed by atoms with E-state index in [-0.39, 0.29) is 18.3 Å². The van der Waals surface area contributed by atoms with Gasteiger partial charge in [-0.25, -0.2) is 4.98 Å². The van der Waals surface area contributed by atoms with Gasteiger partial charge in [-0.15, -0.1) is 0 Å². The monoisotopic (exact) mass is 445 g/mol. The SMILES string of the molecule is Cc1ccc(Cn2c(CO)cnc2SCC(=O)Nc2ccc(Br)cc2)cc1. The molecular formula is C20H20BrN3O2S. The number of carbonyl (C=O) groups excluding carboxylic acids is 1.